The van der Waals surface area contributed by atoms with E-state index in [-0.39, 0.29) is 12.5 Å². The van der Waals surface area contributed by atoms with Crippen LogP contribution in [0.25, 0.3) is 0 Å². The largest absolute Gasteiger partial charge is 0.537 e. The predicted octanol–water partition coefficient (Wildman–Crippen LogP) is 4.76. The second kappa shape index (κ2) is 8.84. The van der Waals surface area contributed by atoms with Gasteiger partial charge in [-0.25, -0.2) is 0 Å². The number of hydrogen-bond acceptors (Lipinski definition) is 3. The van der Waals surface area contributed by atoms with Gasteiger partial charge in [-0.2, -0.15) is 0 Å². The fourth-order valence-electron chi connectivity index (χ4n) is 2.72. The highest BCUT2D eigenvalue weighted by Gasteiger charge is 2.37. The highest BCUT2D eigenvalue weighted by Crippen LogP contribution is 2.40. The predicted molar refractivity (Wildman–Crippen MR) is 79.5 cm³/mol. The summed E-state index contributed by atoms with van der Waals surface area (Å²) in [4.78, 5) is 0. The van der Waals surface area contributed by atoms with Gasteiger partial charge in [-0.15, -0.1) is 11.1 Å². The van der Waals surface area contributed by atoms with Gasteiger partial charge in [-0.05, 0) is 41.6 Å². The van der Waals surface area contributed by atoms with Crippen LogP contribution in [0.4, 0.5) is 0 Å². The fraction of sp³-hybridized carbons (Fsp3) is 0.867. The first-order valence-corrected chi connectivity index (χ1v) is 8.71. The van der Waals surface area contributed by atoms with Crippen LogP contribution in [-0.2, 0) is 13.8 Å². The van der Waals surface area contributed by atoms with Crippen molar-refractivity contribution in [3.05, 3.63) is 12.7 Å². The molecule has 1 aliphatic rings. The first-order valence-electron chi connectivity index (χ1n) is 7.34. The molecule has 1 rings (SSSR count). The third-order valence-electron chi connectivity index (χ3n) is 3.88. The molecule has 0 amide bonds. The lowest BCUT2D eigenvalue weighted by Gasteiger charge is -2.33. The van der Waals surface area contributed by atoms with Crippen LogP contribution in [0.2, 0.25) is 0 Å². The molecule has 0 bridgehead atoms. The maximum absolute atomic E-state index is 11.9. The molecule has 1 fully saturated rings. The Hall–Kier alpha value is -0.240. The third-order valence-corrected chi connectivity index (χ3v) is 4.78. The van der Waals surface area contributed by atoms with E-state index in [0.717, 1.165) is 12.8 Å². The van der Waals surface area contributed by atoms with Crippen LogP contribution in [0.15, 0.2) is 12.7 Å². The van der Waals surface area contributed by atoms with Gasteiger partial charge >= 0.3 is 8.03 Å². The van der Waals surface area contributed by atoms with E-state index in [4.69, 9.17) is 9.26 Å². The zero-order valence-corrected chi connectivity index (χ0v) is 13.4. The zero-order chi connectivity index (χ0) is 14.3. The molecule has 0 saturated heterocycles. The van der Waals surface area contributed by atoms with Crippen LogP contribution in [0, 0.1) is 17.8 Å². The summed E-state index contributed by atoms with van der Waals surface area (Å²) >= 11 is 0. The maximum Gasteiger partial charge on any atom is 0.537 e. The third kappa shape index (κ3) is 6.16. The average Bonchev–Trinajstić information content (AvgIpc) is 2.34. The Morgan fingerprint density at radius 1 is 1.42 bits per heavy atom. The van der Waals surface area contributed by atoms with Crippen molar-refractivity contribution in [2.75, 3.05) is 13.0 Å². The molecule has 0 aliphatic heterocycles. The van der Waals surface area contributed by atoms with Crippen molar-refractivity contribution in [3.8, 4) is 0 Å². The Labute approximate surface area is 118 Å². The van der Waals surface area contributed by atoms with Gasteiger partial charge in [0.1, 0.15) is 6.10 Å². The molecule has 0 aromatic carbocycles. The molecule has 19 heavy (non-hydrogen) atoms. The molecule has 4 unspecified atom stereocenters. The monoisotopic (exact) mass is 287 g/mol. The molecule has 0 aromatic rings. The lowest BCUT2D eigenvalue weighted by molar-refractivity contribution is 0.0471. The molecule has 3 nitrogen and oxygen atoms in total. The summed E-state index contributed by atoms with van der Waals surface area (Å²) in [5.74, 6) is 1.79. The first-order chi connectivity index (χ1) is 9.04. The number of ether oxygens (including phenoxy) is 1. The minimum absolute atomic E-state index is 0.135. The molecular formula is C15H28O3P+. The van der Waals surface area contributed by atoms with Gasteiger partial charge in [-0.3, -0.25) is 0 Å². The Balaban J connectivity index is 2.38. The van der Waals surface area contributed by atoms with Crippen LogP contribution in [0.1, 0.15) is 46.5 Å². The zero-order valence-electron chi connectivity index (χ0n) is 12.5. The summed E-state index contributed by atoms with van der Waals surface area (Å²) in [6.45, 7) is 10.9. The molecule has 1 aliphatic carbocycles. The summed E-state index contributed by atoms with van der Waals surface area (Å²) in [5.41, 5.74) is 0. The van der Waals surface area contributed by atoms with Crippen molar-refractivity contribution in [2.24, 2.45) is 17.8 Å². The topological polar surface area (TPSA) is 35.5 Å². The van der Waals surface area contributed by atoms with Crippen molar-refractivity contribution in [3.63, 3.8) is 0 Å². The summed E-state index contributed by atoms with van der Waals surface area (Å²) in [7, 11) is -1.70. The van der Waals surface area contributed by atoms with Gasteiger partial charge in [0, 0.05) is 0 Å². The van der Waals surface area contributed by atoms with Crippen molar-refractivity contribution < 1.29 is 13.8 Å². The van der Waals surface area contributed by atoms with Crippen LogP contribution in [-0.4, -0.2) is 19.1 Å². The average molecular weight is 287 g/mol. The molecular weight excluding hydrogens is 259 g/mol. The van der Waals surface area contributed by atoms with Crippen LogP contribution in [0.3, 0.4) is 0 Å². The highest BCUT2D eigenvalue weighted by molar-refractivity contribution is 7.38. The Morgan fingerprint density at radius 2 is 2.16 bits per heavy atom. The van der Waals surface area contributed by atoms with E-state index in [1.54, 1.807) is 6.08 Å². The van der Waals surface area contributed by atoms with Crippen LogP contribution >= 0.6 is 8.03 Å². The van der Waals surface area contributed by atoms with Gasteiger partial charge < -0.3 is 4.74 Å². The second-order valence-corrected chi connectivity index (χ2v) is 7.05. The molecule has 0 spiro atoms. The minimum Gasteiger partial charge on any atom is -0.335 e. The van der Waals surface area contributed by atoms with Gasteiger partial charge in [0.25, 0.3) is 6.35 Å². The van der Waals surface area contributed by atoms with Gasteiger partial charge in [-0.1, -0.05) is 33.3 Å². The molecule has 0 N–H and O–H groups in total. The Bertz CT molecular complexity index is 291. The molecule has 4 atom stereocenters. The van der Waals surface area contributed by atoms with Crippen molar-refractivity contribution in [2.45, 2.75) is 52.6 Å². The lowest BCUT2D eigenvalue weighted by Crippen LogP contribution is -2.33. The Morgan fingerprint density at radius 3 is 2.79 bits per heavy atom. The maximum atomic E-state index is 11.9. The quantitative estimate of drug-likeness (QED) is 0.367. The van der Waals surface area contributed by atoms with Gasteiger partial charge in [0.15, 0.2) is 0 Å². The lowest BCUT2D eigenvalue weighted by atomic mass is 9.75. The van der Waals surface area contributed by atoms with E-state index in [1.807, 2.05) is 0 Å². The summed E-state index contributed by atoms with van der Waals surface area (Å²) < 4.78 is 23.0. The second-order valence-electron chi connectivity index (χ2n) is 5.92. The summed E-state index contributed by atoms with van der Waals surface area (Å²) in [6.07, 6.45) is 6.40. The molecule has 1 saturated carbocycles. The van der Waals surface area contributed by atoms with Gasteiger partial charge in [0.2, 0.25) is 0 Å². The molecule has 0 aromatic heterocycles. The van der Waals surface area contributed by atoms with E-state index in [1.165, 1.54) is 12.8 Å². The number of hydrogen-bond donors (Lipinski definition) is 0. The van der Waals surface area contributed by atoms with Crippen LogP contribution < -0.4 is 0 Å². The van der Waals surface area contributed by atoms with Crippen LogP contribution in [0.5, 0.6) is 0 Å². The van der Waals surface area contributed by atoms with Gasteiger partial charge in [0.05, 0.1) is 6.61 Å². The molecule has 0 heterocycles. The highest BCUT2D eigenvalue weighted by atomic mass is 31.1. The van der Waals surface area contributed by atoms with E-state index >= 15 is 0 Å². The molecule has 110 valence electrons. The van der Waals surface area contributed by atoms with Crippen molar-refractivity contribution >= 4 is 8.03 Å². The summed E-state index contributed by atoms with van der Waals surface area (Å²) in [5, 5.41) is 0. The SMILES string of the molecule is C=CCCOC[P+](=O)OC1CC(C)CCC1C(C)C. The van der Waals surface area contributed by atoms with E-state index in [0.29, 0.717) is 24.4 Å². The minimum atomic E-state index is -1.70. The first kappa shape index (κ1) is 16.8. The summed E-state index contributed by atoms with van der Waals surface area (Å²) in [6, 6.07) is 0. The fourth-order valence-corrected chi connectivity index (χ4v) is 3.61. The molecule has 4 heteroatoms. The van der Waals surface area contributed by atoms with E-state index < -0.39 is 8.03 Å². The molecule has 0 radical (unpaired) electrons. The van der Waals surface area contributed by atoms with Crippen molar-refractivity contribution in [1.82, 2.24) is 0 Å². The normalized spacial score (nSPS) is 28.4. The van der Waals surface area contributed by atoms with E-state index in [2.05, 4.69) is 27.4 Å². The number of rotatable bonds is 8. The van der Waals surface area contributed by atoms with Crippen molar-refractivity contribution in [1.29, 1.82) is 0 Å². The standard InChI is InChI=1S/C15H28O3P/c1-5-6-9-17-11-19(16)18-15-10-13(4)7-8-14(15)12(2)3/h5,12-15H,1,6-11H2,2-4H3/q+1. The van der Waals surface area contributed by atoms with E-state index in [9.17, 15) is 4.57 Å². The smallest absolute Gasteiger partial charge is 0.335 e. The Kier molecular flexibility index (Phi) is 7.82.